The Labute approximate surface area is 127 Å². The summed E-state index contributed by atoms with van der Waals surface area (Å²) >= 11 is 1.45. The third-order valence-corrected chi connectivity index (χ3v) is 5.62. The van der Waals surface area contributed by atoms with E-state index < -0.39 is 22.4 Å². The van der Waals surface area contributed by atoms with Crippen LogP contribution in [0.2, 0.25) is 0 Å². The predicted octanol–water partition coefficient (Wildman–Crippen LogP) is 2.81. The summed E-state index contributed by atoms with van der Waals surface area (Å²) in [7, 11) is -3.91. The normalized spacial score (nSPS) is 13.3. The van der Waals surface area contributed by atoms with Gasteiger partial charge in [0.25, 0.3) is 0 Å². The van der Waals surface area contributed by atoms with Crippen LogP contribution in [0.5, 0.6) is 0 Å². The summed E-state index contributed by atoms with van der Waals surface area (Å²) in [5.41, 5.74) is 0.171. The molecule has 0 aliphatic rings. The minimum Gasteiger partial charge on any atom is -0.392 e. The van der Waals surface area contributed by atoms with E-state index in [0.29, 0.717) is 6.42 Å². The number of halogens is 1. The molecule has 2 aromatic rings. The van der Waals surface area contributed by atoms with Gasteiger partial charge in [-0.05, 0) is 35.6 Å². The van der Waals surface area contributed by atoms with Crippen molar-refractivity contribution in [1.29, 1.82) is 0 Å². The van der Waals surface area contributed by atoms with Gasteiger partial charge in [-0.2, -0.15) is 0 Å². The average molecular weight is 329 g/mol. The molecule has 21 heavy (non-hydrogen) atoms. The quantitative estimate of drug-likeness (QED) is 0.856. The summed E-state index contributed by atoms with van der Waals surface area (Å²) in [6.07, 6.45) is 0.573. The zero-order valence-corrected chi connectivity index (χ0v) is 13.0. The van der Waals surface area contributed by atoms with Crippen molar-refractivity contribution in [3.63, 3.8) is 0 Å². The third-order valence-electron chi connectivity index (χ3n) is 3.08. The van der Waals surface area contributed by atoms with E-state index in [2.05, 4.69) is 4.72 Å². The molecule has 0 fully saturated rings. The summed E-state index contributed by atoms with van der Waals surface area (Å²) in [5, 5.41) is 11.1. The van der Waals surface area contributed by atoms with Gasteiger partial charge < -0.3 is 5.11 Å². The molecule has 1 unspecified atom stereocenters. The fourth-order valence-electron chi connectivity index (χ4n) is 1.99. The summed E-state index contributed by atoms with van der Waals surface area (Å²) in [5.74, 6) is -0.656. The Hall–Kier alpha value is -1.28. The predicted molar refractivity (Wildman–Crippen MR) is 80.0 cm³/mol. The van der Waals surface area contributed by atoms with Gasteiger partial charge in [-0.15, -0.1) is 11.3 Å². The lowest BCUT2D eigenvalue weighted by Gasteiger charge is -2.17. The molecule has 0 bridgehead atoms. The first-order valence-corrected chi connectivity index (χ1v) is 8.79. The maximum atomic E-state index is 13.3. The zero-order valence-electron chi connectivity index (χ0n) is 11.4. The topological polar surface area (TPSA) is 66.4 Å². The van der Waals surface area contributed by atoms with Crippen LogP contribution in [0.4, 0.5) is 4.39 Å². The molecular formula is C14H16FNO3S2. The highest BCUT2D eigenvalue weighted by atomic mass is 32.2. The smallest absolute Gasteiger partial charge is 0.241 e. The molecule has 2 N–H and O–H groups in total. The summed E-state index contributed by atoms with van der Waals surface area (Å²) in [6.45, 7) is 1.40. The van der Waals surface area contributed by atoms with Gasteiger partial charge in [0.05, 0.1) is 17.5 Å². The van der Waals surface area contributed by atoms with Crippen molar-refractivity contribution in [2.45, 2.75) is 30.9 Å². The largest absolute Gasteiger partial charge is 0.392 e. The first-order valence-electron chi connectivity index (χ1n) is 6.43. The number of aliphatic hydroxyl groups excluding tert-OH is 1. The molecule has 0 aliphatic heterocycles. The van der Waals surface area contributed by atoms with Crippen molar-refractivity contribution in [3.8, 4) is 0 Å². The lowest BCUT2D eigenvalue weighted by atomic mass is 10.2. The molecule has 2 rings (SSSR count). The molecule has 0 aliphatic carbocycles. The summed E-state index contributed by atoms with van der Waals surface area (Å²) in [4.78, 5) is 0.669. The van der Waals surface area contributed by atoms with Crippen LogP contribution in [0.15, 0.2) is 40.6 Å². The van der Waals surface area contributed by atoms with Crippen LogP contribution < -0.4 is 4.72 Å². The van der Waals surface area contributed by atoms with Gasteiger partial charge in [-0.25, -0.2) is 17.5 Å². The standard InChI is InChI=1S/C14H16FNO3S2/c1-2-12(13-4-3-7-20-13)16-21(18,19)14-8-11(15)6-5-10(14)9-17/h3-8,12,16-17H,2,9H2,1H3. The molecule has 1 aromatic heterocycles. The molecule has 0 saturated heterocycles. The summed E-state index contributed by atoms with van der Waals surface area (Å²) in [6, 6.07) is 6.65. The van der Waals surface area contributed by atoms with Crippen molar-refractivity contribution in [2.75, 3.05) is 0 Å². The van der Waals surface area contributed by atoms with E-state index in [1.54, 1.807) is 0 Å². The Morgan fingerprint density at radius 2 is 2.14 bits per heavy atom. The average Bonchev–Trinajstić information content (AvgIpc) is 2.99. The molecule has 1 aromatic carbocycles. The van der Waals surface area contributed by atoms with Crippen molar-refractivity contribution >= 4 is 21.4 Å². The lowest BCUT2D eigenvalue weighted by molar-refractivity contribution is 0.278. The van der Waals surface area contributed by atoms with Gasteiger partial charge in [0.15, 0.2) is 0 Å². The van der Waals surface area contributed by atoms with Gasteiger partial charge in [0.2, 0.25) is 10.0 Å². The number of hydrogen-bond donors (Lipinski definition) is 2. The first-order chi connectivity index (χ1) is 9.97. The highest BCUT2D eigenvalue weighted by Crippen LogP contribution is 2.25. The minimum atomic E-state index is -3.91. The monoisotopic (exact) mass is 329 g/mol. The van der Waals surface area contributed by atoms with Crippen LogP contribution >= 0.6 is 11.3 Å². The van der Waals surface area contributed by atoms with Crippen LogP contribution in [0, 0.1) is 5.82 Å². The molecule has 1 atom stereocenters. The highest BCUT2D eigenvalue weighted by molar-refractivity contribution is 7.89. The second kappa shape index (κ2) is 6.65. The maximum absolute atomic E-state index is 13.3. The van der Waals surface area contributed by atoms with E-state index in [0.717, 1.165) is 17.0 Å². The maximum Gasteiger partial charge on any atom is 0.241 e. The molecular weight excluding hydrogens is 313 g/mol. The van der Waals surface area contributed by atoms with Crippen molar-refractivity contribution < 1.29 is 17.9 Å². The van der Waals surface area contributed by atoms with Gasteiger partial charge >= 0.3 is 0 Å². The molecule has 0 radical (unpaired) electrons. The number of benzene rings is 1. The lowest BCUT2D eigenvalue weighted by Crippen LogP contribution is -2.28. The third kappa shape index (κ3) is 3.68. The van der Waals surface area contributed by atoms with Crippen molar-refractivity contribution in [2.24, 2.45) is 0 Å². The Morgan fingerprint density at radius 1 is 1.38 bits per heavy atom. The fraction of sp³-hybridized carbons (Fsp3) is 0.286. The summed E-state index contributed by atoms with van der Waals surface area (Å²) < 4.78 is 40.8. The number of nitrogens with one attached hydrogen (secondary N) is 1. The second-order valence-electron chi connectivity index (χ2n) is 4.51. The molecule has 1 heterocycles. The van der Waals surface area contributed by atoms with E-state index in [-0.39, 0.29) is 16.5 Å². The molecule has 0 spiro atoms. The van der Waals surface area contributed by atoms with Gasteiger partial charge in [-0.3, -0.25) is 0 Å². The number of hydrogen-bond acceptors (Lipinski definition) is 4. The Balaban J connectivity index is 2.36. The molecule has 4 nitrogen and oxygen atoms in total. The molecule has 0 saturated carbocycles. The van der Waals surface area contributed by atoms with E-state index >= 15 is 0 Å². The number of sulfonamides is 1. The van der Waals surface area contributed by atoms with Crippen LogP contribution in [-0.2, 0) is 16.6 Å². The Morgan fingerprint density at radius 3 is 2.71 bits per heavy atom. The molecule has 7 heteroatoms. The van der Waals surface area contributed by atoms with Crippen LogP contribution in [0.25, 0.3) is 0 Å². The van der Waals surface area contributed by atoms with Crippen molar-refractivity contribution in [3.05, 3.63) is 52.0 Å². The van der Waals surface area contributed by atoms with Gasteiger partial charge in [0, 0.05) is 4.88 Å². The second-order valence-corrected chi connectivity index (χ2v) is 7.17. The minimum absolute atomic E-state index is 0.171. The van der Waals surface area contributed by atoms with Crippen molar-refractivity contribution in [1.82, 2.24) is 4.72 Å². The fourth-order valence-corrected chi connectivity index (χ4v) is 4.47. The highest BCUT2D eigenvalue weighted by Gasteiger charge is 2.23. The number of aliphatic hydroxyl groups is 1. The number of rotatable bonds is 6. The SMILES string of the molecule is CCC(NS(=O)(=O)c1cc(F)ccc1CO)c1cccs1. The van der Waals surface area contributed by atoms with Crippen LogP contribution in [0.1, 0.15) is 29.8 Å². The molecule has 0 amide bonds. The van der Waals surface area contributed by atoms with E-state index in [9.17, 15) is 17.9 Å². The Kier molecular flexibility index (Phi) is 5.10. The van der Waals surface area contributed by atoms with Gasteiger partial charge in [-0.1, -0.05) is 19.1 Å². The van der Waals surface area contributed by atoms with Crippen LogP contribution in [-0.4, -0.2) is 13.5 Å². The van der Waals surface area contributed by atoms with E-state index in [1.807, 2.05) is 24.4 Å². The van der Waals surface area contributed by atoms with Crippen LogP contribution in [0.3, 0.4) is 0 Å². The zero-order chi connectivity index (χ0) is 15.5. The Bertz CT molecular complexity index is 699. The number of thiophene rings is 1. The first kappa shape index (κ1) is 16.1. The van der Waals surface area contributed by atoms with Gasteiger partial charge in [0.1, 0.15) is 5.82 Å². The molecule has 114 valence electrons. The van der Waals surface area contributed by atoms with E-state index in [1.165, 1.54) is 17.4 Å². The van der Waals surface area contributed by atoms with E-state index in [4.69, 9.17) is 0 Å².